The molecule has 3 atom stereocenters. The van der Waals surface area contributed by atoms with Gasteiger partial charge in [0.25, 0.3) is 0 Å². The van der Waals surface area contributed by atoms with Crippen LogP contribution in [0, 0.1) is 11.7 Å². The number of carbonyl (C=O) groups is 3. The maximum atomic E-state index is 14.1. The number of aromatic nitrogens is 2. The highest BCUT2D eigenvalue weighted by Crippen LogP contribution is 2.22. The number of urea groups is 1. The molecule has 3 rings (SSSR count). The normalized spacial score (nSPS) is 17.6. The second-order valence-electron chi connectivity index (χ2n) is 10.1. The average Bonchev–Trinajstić information content (AvgIpc) is 3.29. The second-order valence-corrected chi connectivity index (χ2v) is 10.1. The van der Waals surface area contributed by atoms with Gasteiger partial charge in [0.1, 0.15) is 17.4 Å². The van der Waals surface area contributed by atoms with Gasteiger partial charge in [-0.15, -0.1) is 0 Å². The van der Waals surface area contributed by atoms with E-state index in [-0.39, 0.29) is 29.8 Å². The quantitative estimate of drug-likeness (QED) is 0.485. The number of fused-ring (bicyclic) bond motifs is 1. The molecule has 1 aromatic carbocycles. The van der Waals surface area contributed by atoms with Crippen molar-refractivity contribution in [2.75, 3.05) is 20.1 Å². The van der Waals surface area contributed by atoms with Crippen LogP contribution in [0.3, 0.4) is 0 Å². The number of imidazole rings is 1. The molecule has 0 saturated carbocycles. The first-order chi connectivity index (χ1) is 17.1. The van der Waals surface area contributed by atoms with E-state index < -0.39 is 29.8 Å². The van der Waals surface area contributed by atoms with Gasteiger partial charge in [0, 0.05) is 26.2 Å². The molecule has 3 N–H and O–H groups in total. The van der Waals surface area contributed by atoms with E-state index in [1.807, 2.05) is 18.7 Å². The van der Waals surface area contributed by atoms with Crippen LogP contribution in [-0.4, -0.2) is 69.8 Å². The minimum Gasteiger partial charge on any atom is -0.345 e. The zero-order valence-corrected chi connectivity index (χ0v) is 21.9. The Morgan fingerprint density at radius 3 is 2.64 bits per heavy atom. The van der Waals surface area contributed by atoms with Crippen LogP contribution < -0.4 is 10.6 Å². The number of nitrogens with zero attached hydrogens (tertiary/aromatic N) is 3. The SMILES string of the molecule is CC[C@H]1CCCCN1C(=O)C[C@H](NC(=O)N(C)CC(C)C)C(=O)N[C@@H](C)c1nc2c(F)cccc2[nH]1. The Hall–Kier alpha value is -3.17. The molecular formula is C26H39FN6O3. The summed E-state index contributed by atoms with van der Waals surface area (Å²) in [6.45, 7) is 8.94. The minimum atomic E-state index is -1.05. The number of carbonyl (C=O) groups excluding carboxylic acids is 3. The van der Waals surface area contributed by atoms with Crippen molar-refractivity contribution >= 4 is 28.9 Å². The van der Waals surface area contributed by atoms with Crippen LogP contribution in [0.1, 0.15) is 71.7 Å². The van der Waals surface area contributed by atoms with Crippen molar-refractivity contribution < 1.29 is 18.8 Å². The highest BCUT2D eigenvalue weighted by molar-refractivity contribution is 5.92. The Morgan fingerprint density at radius 2 is 1.97 bits per heavy atom. The summed E-state index contributed by atoms with van der Waals surface area (Å²) < 4.78 is 14.1. The highest BCUT2D eigenvalue weighted by atomic mass is 19.1. The number of rotatable bonds is 9. The van der Waals surface area contributed by atoms with Gasteiger partial charge in [-0.25, -0.2) is 14.2 Å². The van der Waals surface area contributed by atoms with E-state index in [9.17, 15) is 18.8 Å². The molecule has 4 amide bonds. The van der Waals surface area contributed by atoms with Gasteiger partial charge in [-0.2, -0.15) is 0 Å². The molecule has 0 aliphatic carbocycles. The molecule has 2 aromatic rings. The lowest BCUT2D eigenvalue weighted by Crippen LogP contribution is -2.54. The van der Waals surface area contributed by atoms with Crippen molar-refractivity contribution in [1.29, 1.82) is 0 Å². The summed E-state index contributed by atoms with van der Waals surface area (Å²) in [7, 11) is 1.66. The molecule has 1 aromatic heterocycles. The van der Waals surface area contributed by atoms with Crippen molar-refractivity contribution in [3.05, 3.63) is 29.8 Å². The standard InChI is InChI=1S/C26H39FN6O3/c1-6-18-10-7-8-13-33(18)22(34)14-21(30-26(36)32(5)15-16(2)3)25(35)28-17(4)24-29-20-12-9-11-19(27)23(20)31-24/h9,11-12,16-18,21H,6-8,10,13-15H2,1-5H3,(H,28,35)(H,29,31)(H,30,36)/t17-,18-,21-/m0/s1. The van der Waals surface area contributed by atoms with Gasteiger partial charge in [-0.3, -0.25) is 9.59 Å². The number of benzene rings is 1. The van der Waals surface area contributed by atoms with Gasteiger partial charge in [-0.1, -0.05) is 26.8 Å². The number of nitrogens with one attached hydrogen (secondary N) is 3. The van der Waals surface area contributed by atoms with E-state index in [1.54, 1.807) is 26.1 Å². The summed E-state index contributed by atoms with van der Waals surface area (Å²) in [4.78, 5) is 50.1. The fraction of sp³-hybridized carbons (Fsp3) is 0.615. The van der Waals surface area contributed by atoms with Gasteiger partial charge in [-0.05, 0) is 50.7 Å². The predicted octanol–water partition coefficient (Wildman–Crippen LogP) is 3.73. The fourth-order valence-corrected chi connectivity index (χ4v) is 4.75. The third kappa shape index (κ3) is 6.73. The molecular weight excluding hydrogens is 463 g/mol. The van der Waals surface area contributed by atoms with Crippen LogP contribution >= 0.6 is 0 Å². The number of hydrogen-bond acceptors (Lipinski definition) is 4. The van der Waals surface area contributed by atoms with E-state index in [1.165, 1.54) is 11.0 Å². The first-order valence-corrected chi connectivity index (χ1v) is 12.9. The molecule has 1 aliphatic heterocycles. The lowest BCUT2D eigenvalue weighted by atomic mass is 9.99. The molecule has 1 saturated heterocycles. The van der Waals surface area contributed by atoms with E-state index in [4.69, 9.17) is 0 Å². The number of aromatic amines is 1. The van der Waals surface area contributed by atoms with Crippen LogP contribution in [0.5, 0.6) is 0 Å². The second kappa shape index (κ2) is 12.2. The number of hydrogen-bond donors (Lipinski definition) is 3. The molecule has 10 heteroatoms. The Kier molecular flexibility index (Phi) is 9.28. The molecule has 0 bridgehead atoms. The van der Waals surface area contributed by atoms with Gasteiger partial charge in [0.15, 0.2) is 5.82 Å². The van der Waals surface area contributed by atoms with Gasteiger partial charge >= 0.3 is 6.03 Å². The number of para-hydroxylation sites is 1. The topological polar surface area (TPSA) is 110 Å². The van der Waals surface area contributed by atoms with Crippen molar-refractivity contribution in [1.82, 2.24) is 30.4 Å². The summed E-state index contributed by atoms with van der Waals surface area (Å²) in [5.74, 6) is -0.453. The summed E-state index contributed by atoms with van der Waals surface area (Å²) in [6.07, 6.45) is 3.68. The molecule has 36 heavy (non-hydrogen) atoms. The monoisotopic (exact) mass is 502 g/mol. The Morgan fingerprint density at radius 1 is 1.22 bits per heavy atom. The number of likely N-dealkylation sites (tertiary alicyclic amines) is 1. The minimum absolute atomic E-state index is 0.134. The smallest absolute Gasteiger partial charge is 0.317 e. The van der Waals surface area contributed by atoms with E-state index in [0.29, 0.717) is 24.4 Å². The molecule has 1 fully saturated rings. The zero-order valence-electron chi connectivity index (χ0n) is 21.9. The number of piperidine rings is 1. The highest BCUT2D eigenvalue weighted by Gasteiger charge is 2.32. The van der Waals surface area contributed by atoms with Crippen LogP contribution in [-0.2, 0) is 9.59 Å². The predicted molar refractivity (Wildman–Crippen MR) is 137 cm³/mol. The largest absolute Gasteiger partial charge is 0.345 e. The Bertz CT molecular complexity index is 1070. The Balaban J connectivity index is 1.76. The van der Waals surface area contributed by atoms with Crippen molar-refractivity contribution in [2.24, 2.45) is 5.92 Å². The molecule has 1 aliphatic rings. The first kappa shape index (κ1) is 27.4. The van der Waals surface area contributed by atoms with Crippen LogP contribution in [0.2, 0.25) is 0 Å². The molecule has 0 unspecified atom stereocenters. The van der Waals surface area contributed by atoms with E-state index in [0.717, 1.165) is 25.7 Å². The van der Waals surface area contributed by atoms with Crippen LogP contribution in [0.25, 0.3) is 11.0 Å². The molecule has 198 valence electrons. The van der Waals surface area contributed by atoms with Crippen molar-refractivity contribution in [2.45, 2.75) is 77.9 Å². The molecule has 0 spiro atoms. The zero-order chi connectivity index (χ0) is 26.4. The van der Waals surface area contributed by atoms with E-state index in [2.05, 4.69) is 27.5 Å². The van der Waals surface area contributed by atoms with Crippen LogP contribution in [0.15, 0.2) is 18.2 Å². The number of amides is 4. The number of halogens is 1. The Labute approximate surface area is 212 Å². The molecule has 9 nitrogen and oxygen atoms in total. The van der Waals surface area contributed by atoms with Gasteiger partial charge in [0.2, 0.25) is 11.8 Å². The summed E-state index contributed by atoms with van der Waals surface area (Å²) >= 11 is 0. The lowest BCUT2D eigenvalue weighted by molar-refractivity contribution is -0.138. The average molecular weight is 503 g/mol. The third-order valence-electron chi connectivity index (χ3n) is 6.65. The summed E-state index contributed by atoms with van der Waals surface area (Å²) in [5, 5.41) is 5.59. The van der Waals surface area contributed by atoms with Crippen LogP contribution in [0.4, 0.5) is 9.18 Å². The molecule has 2 heterocycles. The fourth-order valence-electron chi connectivity index (χ4n) is 4.75. The van der Waals surface area contributed by atoms with E-state index >= 15 is 0 Å². The lowest BCUT2D eigenvalue weighted by Gasteiger charge is -2.36. The third-order valence-corrected chi connectivity index (χ3v) is 6.65. The number of H-pyrrole nitrogens is 1. The molecule has 0 radical (unpaired) electrons. The first-order valence-electron chi connectivity index (χ1n) is 12.9. The van der Waals surface area contributed by atoms with Gasteiger partial charge in [0.05, 0.1) is 18.0 Å². The summed E-state index contributed by atoms with van der Waals surface area (Å²) in [5.41, 5.74) is 0.719. The van der Waals surface area contributed by atoms with Crippen molar-refractivity contribution in [3.8, 4) is 0 Å². The van der Waals surface area contributed by atoms with Crippen molar-refractivity contribution in [3.63, 3.8) is 0 Å². The summed E-state index contributed by atoms with van der Waals surface area (Å²) in [6, 6.07) is 2.70. The maximum absolute atomic E-state index is 14.1. The maximum Gasteiger partial charge on any atom is 0.317 e. The van der Waals surface area contributed by atoms with Gasteiger partial charge < -0.3 is 25.4 Å².